The van der Waals surface area contributed by atoms with Gasteiger partial charge in [0.25, 0.3) is 0 Å². The van der Waals surface area contributed by atoms with Gasteiger partial charge in [0.15, 0.2) is 11.5 Å². The molecular weight excluding hydrogens is 374 g/mol. The zero-order valence-electron chi connectivity index (χ0n) is 16.2. The zero-order valence-corrected chi connectivity index (χ0v) is 16.2. The molecule has 0 bridgehead atoms. The number of carbonyl (C=O) groups is 1. The maximum absolute atomic E-state index is 12.9. The molecule has 0 saturated heterocycles. The van der Waals surface area contributed by atoms with Crippen molar-refractivity contribution in [2.24, 2.45) is 0 Å². The highest BCUT2D eigenvalue weighted by Gasteiger charge is 2.24. The number of methoxy groups -OCH3 is 3. The van der Waals surface area contributed by atoms with Gasteiger partial charge >= 0.3 is 5.97 Å². The number of aliphatic hydroxyl groups excluding tert-OH is 1. The number of pyridine rings is 1. The van der Waals surface area contributed by atoms with E-state index < -0.39 is 5.97 Å². The second kappa shape index (κ2) is 8.95. The van der Waals surface area contributed by atoms with Crippen molar-refractivity contribution in [2.75, 3.05) is 27.9 Å². The van der Waals surface area contributed by atoms with Gasteiger partial charge < -0.3 is 24.1 Å². The zero-order chi connectivity index (χ0) is 20.8. The fourth-order valence-electron chi connectivity index (χ4n) is 2.91. The number of hydrogen-bond donors (Lipinski definition) is 1. The number of nitrogens with zero attached hydrogens (tertiary/aromatic N) is 1. The summed E-state index contributed by atoms with van der Waals surface area (Å²) in [7, 11) is 4.32. The Morgan fingerprint density at radius 3 is 2.45 bits per heavy atom. The van der Waals surface area contributed by atoms with Crippen LogP contribution in [0.15, 0.2) is 42.6 Å². The average Bonchev–Trinajstić information content (AvgIpc) is 2.76. The molecule has 3 rings (SSSR count). The lowest BCUT2D eigenvalue weighted by Crippen LogP contribution is -2.11. The molecule has 7 heteroatoms. The molecule has 0 spiro atoms. The van der Waals surface area contributed by atoms with E-state index in [0.717, 1.165) is 0 Å². The summed E-state index contributed by atoms with van der Waals surface area (Å²) >= 11 is 0. The van der Waals surface area contributed by atoms with E-state index in [1.165, 1.54) is 27.4 Å². The maximum Gasteiger partial charge on any atom is 0.344 e. The van der Waals surface area contributed by atoms with Gasteiger partial charge in [0.1, 0.15) is 6.61 Å². The first-order chi connectivity index (χ1) is 14.1. The van der Waals surface area contributed by atoms with Crippen LogP contribution in [0, 0.1) is 11.8 Å². The number of carbonyl (C=O) groups excluding carboxylic acids is 1. The molecule has 0 fully saturated rings. The lowest BCUT2D eigenvalue weighted by Gasteiger charge is -2.17. The van der Waals surface area contributed by atoms with Gasteiger partial charge in [-0.15, -0.1) is 0 Å². The van der Waals surface area contributed by atoms with E-state index in [4.69, 9.17) is 24.1 Å². The van der Waals surface area contributed by atoms with Gasteiger partial charge in [-0.3, -0.25) is 4.98 Å². The number of ether oxygens (including phenoxy) is 4. The lowest BCUT2D eigenvalue weighted by molar-refractivity contribution is 0.0730. The third-order valence-corrected chi connectivity index (χ3v) is 4.14. The van der Waals surface area contributed by atoms with E-state index >= 15 is 0 Å². The molecular formula is C22H19NO6. The molecule has 29 heavy (non-hydrogen) atoms. The first-order valence-electron chi connectivity index (χ1n) is 8.63. The lowest BCUT2D eigenvalue weighted by atomic mass is 10.1. The first-order valence-corrected chi connectivity index (χ1v) is 8.63. The molecule has 148 valence electrons. The molecule has 2 aromatic carbocycles. The van der Waals surface area contributed by atoms with Crippen LogP contribution < -0.4 is 18.9 Å². The van der Waals surface area contributed by atoms with E-state index in [1.54, 1.807) is 18.3 Å². The predicted molar refractivity (Wildman–Crippen MR) is 107 cm³/mol. The van der Waals surface area contributed by atoms with Gasteiger partial charge in [0.05, 0.1) is 38.0 Å². The predicted octanol–water partition coefficient (Wildman–Crippen LogP) is 2.82. The summed E-state index contributed by atoms with van der Waals surface area (Å²) in [6.45, 7) is -0.338. The standard InChI is InChI=1S/C22H19NO6/c1-26-19-14(7-6-12-24)13-18(20(27-2)21(19)28-3)29-22(25)16-10-11-23-17-9-5-4-8-15(16)17/h4-5,8-11,13,24H,12H2,1-3H3. The average molecular weight is 393 g/mol. The van der Waals surface area contributed by atoms with Crippen molar-refractivity contribution in [2.45, 2.75) is 0 Å². The Labute approximate surface area is 167 Å². The van der Waals surface area contributed by atoms with Crippen LogP contribution in [-0.2, 0) is 0 Å². The monoisotopic (exact) mass is 393 g/mol. The van der Waals surface area contributed by atoms with Crippen LogP contribution in [0.25, 0.3) is 10.9 Å². The molecule has 0 radical (unpaired) electrons. The van der Waals surface area contributed by atoms with Crippen LogP contribution in [0.4, 0.5) is 0 Å². The van der Waals surface area contributed by atoms with Gasteiger partial charge in [0, 0.05) is 17.6 Å². The van der Waals surface area contributed by atoms with Gasteiger partial charge in [-0.2, -0.15) is 0 Å². The molecule has 0 aliphatic heterocycles. The Kier molecular flexibility index (Phi) is 6.17. The summed E-state index contributed by atoms with van der Waals surface area (Å²) in [5, 5.41) is 9.69. The number of para-hydroxylation sites is 1. The molecule has 0 amide bonds. The van der Waals surface area contributed by atoms with Gasteiger partial charge in [-0.1, -0.05) is 30.0 Å². The van der Waals surface area contributed by atoms with Gasteiger partial charge in [0.2, 0.25) is 11.5 Å². The minimum absolute atomic E-state index is 0.110. The Balaban J connectivity index is 2.11. The second-order valence-corrected chi connectivity index (χ2v) is 5.75. The number of fused-ring (bicyclic) bond motifs is 1. The molecule has 0 aliphatic rings. The summed E-state index contributed by atoms with van der Waals surface area (Å²) in [5.41, 5.74) is 1.41. The van der Waals surface area contributed by atoms with Crippen LogP contribution in [0.5, 0.6) is 23.0 Å². The highest BCUT2D eigenvalue weighted by atomic mass is 16.6. The Hall–Kier alpha value is -3.76. The third kappa shape index (κ3) is 3.93. The van der Waals surface area contributed by atoms with Crippen molar-refractivity contribution in [1.29, 1.82) is 0 Å². The van der Waals surface area contributed by atoms with Crippen molar-refractivity contribution >= 4 is 16.9 Å². The topological polar surface area (TPSA) is 87.1 Å². The summed E-state index contributed by atoms with van der Waals surface area (Å²) in [6.07, 6.45) is 1.54. The number of benzene rings is 2. The summed E-state index contributed by atoms with van der Waals surface area (Å²) in [4.78, 5) is 17.2. The Bertz CT molecular complexity index is 1110. The van der Waals surface area contributed by atoms with Crippen molar-refractivity contribution < 1.29 is 28.8 Å². The van der Waals surface area contributed by atoms with E-state index in [0.29, 0.717) is 27.8 Å². The summed E-state index contributed by atoms with van der Waals surface area (Å²) < 4.78 is 21.8. The maximum atomic E-state index is 12.9. The number of rotatable bonds is 5. The Morgan fingerprint density at radius 2 is 1.76 bits per heavy atom. The molecule has 1 aromatic heterocycles. The van der Waals surface area contributed by atoms with E-state index in [-0.39, 0.29) is 23.9 Å². The van der Waals surface area contributed by atoms with Crippen LogP contribution in [0.3, 0.4) is 0 Å². The number of esters is 1. The SMILES string of the molecule is COc1c(C#CCO)cc(OC(=O)c2ccnc3ccccc23)c(OC)c1OC. The van der Waals surface area contributed by atoms with Crippen LogP contribution in [0.2, 0.25) is 0 Å². The Morgan fingerprint density at radius 1 is 1.03 bits per heavy atom. The largest absolute Gasteiger partial charge is 0.491 e. The summed E-state index contributed by atoms with van der Waals surface area (Å²) in [5.74, 6) is 5.54. The molecule has 3 aromatic rings. The molecule has 0 aliphatic carbocycles. The van der Waals surface area contributed by atoms with E-state index in [2.05, 4.69) is 16.8 Å². The van der Waals surface area contributed by atoms with Crippen LogP contribution in [-0.4, -0.2) is 44.0 Å². The molecule has 0 unspecified atom stereocenters. The van der Waals surface area contributed by atoms with E-state index in [9.17, 15) is 4.79 Å². The van der Waals surface area contributed by atoms with Crippen LogP contribution >= 0.6 is 0 Å². The van der Waals surface area contributed by atoms with Crippen molar-refractivity contribution in [1.82, 2.24) is 4.98 Å². The molecule has 0 atom stereocenters. The number of aliphatic hydroxyl groups is 1. The highest BCUT2D eigenvalue weighted by molar-refractivity contribution is 6.04. The minimum atomic E-state index is -0.588. The van der Waals surface area contributed by atoms with Crippen molar-refractivity contribution in [3.05, 3.63) is 53.7 Å². The molecule has 1 N–H and O–H groups in total. The summed E-state index contributed by atoms with van der Waals surface area (Å²) in [6, 6.07) is 10.4. The smallest absolute Gasteiger partial charge is 0.344 e. The van der Waals surface area contributed by atoms with Crippen LogP contribution in [0.1, 0.15) is 15.9 Å². The van der Waals surface area contributed by atoms with E-state index in [1.807, 2.05) is 18.2 Å². The molecule has 0 saturated carbocycles. The first kappa shape index (κ1) is 20.0. The third-order valence-electron chi connectivity index (χ3n) is 4.14. The van der Waals surface area contributed by atoms with Crippen molar-refractivity contribution in [3.8, 4) is 34.8 Å². The normalized spacial score (nSPS) is 10.1. The van der Waals surface area contributed by atoms with Gasteiger partial charge in [-0.05, 0) is 12.1 Å². The number of hydrogen-bond acceptors (Lipinski definition) is 7. The molecule has 1 heterocycles. The number of aromatic nitrogens is 1. The fourth-order valence-corrected chi connectivity index (χ4v) is 2.91. The second-order valence-electron chi connectivity index (χ2n) is 5.75. The quantitative estimate of drug-likeness (QED) is 0.405. The fraction of sp³-hybridized carbons (Fsp3) is 0.182. The highest BCUT2D eigenvalue weighted by Crippen LogP contribution is 2.46. The van der Waals surface area contributed by atoms with Gasteiger partial charge in [-0.25, -0.2) is 4.79 Å². The molecule has 7 nitrogen and oxygen atoms in total. The van der Waals surface area contributed by atoms with Crippen molar-refractivity contribution in [3.63, 3.8) is 0 Å². The minimum Gasteiger partial charge on any atom is -0.491 e.